The summed E-state index contributed by atoms with van der Waals surface area (Å²) in [4.78, 5) is 26.0. The molecule has 0 unspecified atom stereocenters. The number of aromatic nitrogens is 1. The van der Waals surface area contributed by atoms with Gasteiger partial charge in [-0.3, -0.25) is 4.79 Å². The number of aryl methyl sites for hydroxylation is 2. The van der Waals surface area contributed by atoms with E-state index >= 15 is 0 Å². The Labute approximate surface area is 90.1 Å². The van der Waals surface area contributed by atoms with Crippen LogP contribution >= 0.6 is 23.1 Å². The van der Waals surface area contributed by atoms with E-state index in [-0.39, 0.29) is 11.7 Å². The van der Waals surface area contributed by atoms with Gasteiger partial charge in [-0.2, -0.15) is 4.91 Å². The molecule has 0 saturated carbocycles. The fourth-order valence-corrected chi connectivity index (χ4v) is 2.51. The van der Waals surface area contributed by atoms with Gasteiger partial charge in [0.1, 0.15) is 6.54 Å². The molecule has 1 heterocycles. The average molecular weight is 230 g/mol. The van der Waals surface area contributed by atoms with Crippen LogP contribution in [-0.2, 0) is 11.2 Å². The highest BCUT2D eigenvalue weighted by Crippen LogP contribution is 2.15. The summed E-state index contributed by atoms with van der Waals surface area (Å²) in [5.41, 5.74) is 2.82. The first-order chi connectivity index (χ1) is 6.74. The van der Waals surface area contributed by atoms with Gasteiger partial charge in [0.15, 0.2) is 0 Å². The van der Waals surface area contributed by atoms with E-state index < -0.39 is 0 Å². The third kappa shape index (κ3) is 3.55. The molecule has 1 aromatic heterocycles. The normalized spacial score (nSPS) is 10.1. The second-order valence-corrected chi connectivity index (χ2v) is 4.71. The van der Waals surface area contributed by atoms with Crippen molar-refractivity contribution in [1.29, 1.82) is 0 Å². The van der Waals surface area contributed by atoms with Gasteiger partial charge in [-0.05, 0) is 13.3 Å². The topological polar surface area (TPSA) is 59.4 Å². The quantitative estimate of drug-likeness (QED) is 0.726. The lowest BCUT2D eigenvalue weighted by Crippen LogP contribution is -1.98. The Morgan fingerprint density at radius 3 is 3.07 bits per heavy atom. The Kier molecular flexibility index (Phi) is 4.75. The van der Waals surface area contributed by atoms with E-state index in [1.165, 1.54) is 4.88 Å². The van der Waals surface area contributed by atoms with Crippen molar-refractivity contribution < 1.29 is 4.79 Å². The van der Waals surface area contributed by atoms with Gasteiger partial charge < -0.3 is 0 Å². The summed E-state index contributed by atoms with van der Waals surface area (Å²) in [6, 6.07) is 0. The highest BCUT2D eigenvalue weighted by Gasteiger charge is 2.05. The molecule has 0 radical (unpaired) electrons. The number of carbonyl (C=O) groups is 1. The SMILES string of the molecule is Cc1ncsc1CCSC(=O)CN=O. The van der Waals surface area contributed by atoms with Gasteiger partial charge in [0.2, 0.25) is 5.12 Å². The van der Waals surface area contributed by atoms with Crippen LogP contribution in [0.1, 0.15) is 10.6 Å². The molecular weight excluding hydrogens is 220 g/mol. The minimum absolute atomic E-state index is 0.165. The number of thiazole rings is 1. The molecule has 0 aromatic carbocycles. The highest BCUT2D eigenvalue weighted by atomic mass is 32.2. The van der Waals surface area contributed by atoms with E-state index in [1.54, 1.807) is 16.8 Å². The van der Waals surface area contributed by atoms with Crippen molar-refractivity contribution in [1.82, 2.24) is 4.98 Å². The standard InChI is InChI=1S/C8H10N2O2S2/c1-6-7(14-5-9-6)2-3-13-8(11)4-10-12/h5H,2-4H2,1H3. The molecule has 0 aliphatic heterocycles. The van der Waals surface area contributed by atoms with Crippen molar-refractivity contribution >= 4 is 28.2 Å². The number of nitroso groups, excluding NO2 is 1. The third-order valence-corrected chi connectivity index (χ3v) is 3.48. The lowest BCUT2D eigenvalue weighted by Gasteiger charge is -1.96. The van der Waals surface area contributed by atoms with Crippen LogP contribution in [-0.4, -0.2) is 22.4 Å². The van der Waals surface area contributed by atoms with Crippen molar-refractivity contribution in [3.05, 3.63) is 21.0 Å². The Balaban J connectivity index is 2.25. The summed E-state index contributed by atoms with van der Waals surface area (Å²) in [7, 11) is 0. The summed E-state index contributed by atoms with van der Waals surface area (Å²) in [6.07, 6.45) is 0.825. The Morgan fingerprint density at radius 1 is 1.71 bits per heavy atom. The maximum Gasteiger partial charge on any atom is 0.213 e. The molecule has 14 heavy (non-hydrogen) atoms. The lowest BCUT2D eigenvalue weighted by atomic mass is 10.3. The summed E-state index contributed by atoms with van der Waals surface area (Å²) in [6.45, 7) is 1.72. The zero-order chi connectivity index (χ0) is 10.4. The van der Waals surface area contributed by atoms with Crippen LogP contribution in [0.15, 0.2) is 10.7 Å². The molecule has 0 aliphatic carbocycles. The smallest absolute Gasteiger partial charge is 0.213 e. The van der Waals surface area contributed by atoms with Gasteiger partial charge in [0.25, 0.3) is 0 Å². The molecule has 0 fully saturated rings. The van der Waals surface area contributed by atoms with Crippen molar-refractivity contribution in [2.24, 2.45) is 5.18 Å². The van der Waals surface area contributed by atoms with E-state index in [1.807, 2.05) is 6.92 Å². The predicted octanol–water partition coefficient (Wildman–Crippen LogP) is 2.02. The molecule has 0 N–H and O–H groups in total. The first kappa shape index (κ1) is 11.3. The average Bonchev–Trinajstić information content (AvgIpc) is 2.52. The van der Waals surface area contributed by atoms with Gasteiger partial charge in [-0.1, -0.05) is 16.9 Å². The lowest BCUT2D eigenvalue weighted by molar-refractivity contribution is -0.109. The maximum absolute atomic E-state index is 10.9. The molecule has 0 atom stereocenters. The Hall–Kier alpha value is -0.750. The molecule has 0 amide bonds. The minimum atomic E-state index is -0.230. The first-order valence-corrected chi connectivity index (χ1v) is 5.94. The fourth-order valence-electron chi connectivity index (χ4n) is 0.922. The number of hydrogen-bond donors (Lipinski definition) is 0. The molecular formula is C8H10N2O2S2. The second kappa shape index (κ2) is 5.87. The number of rotatable bonds is 5. The largest absolute Gasteiger partial charge is 0.285 e. The molecule has 0 saturated heterocycles. The number of thioether (sulfide) groups is 1. The van der Waals surface area contributed by atoms with Gasteiger partial charge in [0.05, 0.1) is 11.2 Å². The monoisotopic (exact) mass is 230 g/mol. The van der Waals surface area contributed by atoms with Crippen LogP contribution in [0.2, 0.25) is 0 Å². The van der Waals surface area contributed by atoms with Gasteiger partial charge >= 0.3 is 0 Å². The molecule has 0 bridgehead atoms. The van der Waals surface area contributed by atoms with E-state index in [9.17, 15) is 9.70 Å². The van der Waals surface area contributed by atoms with Gasteiger partial charge in [-0.15, -0.1) is 11.3 Å². The third-order valence-electron chi connectivity index (χ3n) is 1.63. The van der Waals surface area contributed by atoms with Crippen LogP contribution in [0.25, 0.3) is 0 Å². The van der Waals surface area contributed by atoms with Crippen molar-refractivity contribution in [2.45, 2.75) is 13.3 Å². The number of hydrogen-bond acceptors (Lipinski definition) is 6. The summed E-state index contributed by atoms with van der Waals surface area (Å²) < 4.78 is 0. The predicted molar refractivity (Wildman–Crippen MR) is 58.7 cm³/mol. The molecule has 0 aliphatic rings. The fraction of sp³-hybridized carbons (Fsp3) is 0.500. The summed E-state index contributed by atoms with van der Waals surface area (Å²) in [5, 5.41) is 2.37. The second-order valence-electron chi connectivity index (χ2n) is 2.62. The maximum atomic E-state index is 10.9. The number of nitrogens with zero attached hydrogens (tertiary/aromatic N) is 2. The highest BCUT2D eigenvalue weighted by molar-refractivity contribution is 8.13. The van der Waals surface area contributed by atoms with E-state index in [4.69, 9.17) is 0 Å². The molecule has 76 valence electrons. The molecule has 1 aromatic rings. The molecule has 6 heteroatoms. The summed E-state index contributed by atoms with van der Waals surface area (Å²) in [5.74, 6) is 0.692. The Bertz CT molecular complexity index is 325. The zero-order valence-electron chi connectivity index (χ0n) is 7.73. The summed E-state index contributed by atoms with van der Waals surface area (Å²) >= 11 is 2.75. The van der Waals surface area contributed by atoms with E-state index in [0.29, 0.717) is 5.75 Å². The first-order valence-electron chi connectivity index (χ1n) is 4.07. The molecule has 1 rings (SSSR count). The van der Waals surface area contributed by atoms with Crippen LogP contribution in [0.5, 0.6) is 0 Å². The Morgan fingerprint density at radius 2 is 2.50 bits per heavy atom. The van der Waals surface area contributed by atoms with E-state index in [2.05, 4.69) is 10.2 Å². The number of carbonyl (C=O) groups excluding carboxylic acids is 1. The van der Waals surface area contributed by atoms with Crippen LogP contribution in [0.3, 0.4) is 0 Å². The van der Waals surface area contributed by atoms with Gasteiger partial charge in [-0.25, -0.2) is 4.98 Å². The van der Waals surface area contributed by atoms with Crippen molar-refractivity contribution in [3.8, 4) is 0 Å². The minimum Gasteiger partial charge on any atom is -0.285 e. The van der Waals surface area contributed by atoms with Crippen LogP contribution in [0.4, 0.5) is 0 Å². The van der Waals surface area contributed by atoms with Crippen molar-refractivity contribution in [2.75, 3.05) is 12.3 Å². The van der Waals surface area contributed by atoms with Gasteiger partial charge in [0, 0.05) is 10.6 Å². The van der Waals surface area contributed by atoms with Crippen LogP contribution < -0.4 is 0 Å². The zero-order valence-corrected chi connectivity index (χ0v) is 9.36. The van der Waals surface area contributed by atoms with Crippen LogP contribution in [0, 0.1) is 11.8 Å². The van der Waals surface area contributed by atoms with Crippen molar-refractivity contribution in [3.63, 3.8) is 0 Å². The molecule has 0 spiro atoms. The van der Waals surface area contributed by atoms with E-state index in [0.717, 1.165) is 23.9 Å². The molecule has 4 nitrogen and oxygen atoms in total.